The van der Waals surface area contributed by atoms with Crippen LogP contribution in [0.3, 0.4) is 0 Å². The number of fused-ring (bicyclic) bond motifs is 1. The van der Waals surface area contributed by atoms with Gasteiger partial charge < -0.3 is 15.3 Å². The van der Waals surface area contributed by atoms with Crippen LogP contribution in [0.4, 0.5) is 5.69 Å². The molecule has 1 aliphatic rings. The van der Waals surface area contributed by atoms with Gasteiger partial charge >= 0.3 is 0 Å². The molecule has 1 atom stereocenters. The van der Waals surface area contributed by atoms with Crippen molar-refractivity contribution < 1.29 is 14.7 Å². The van der Waals surface area contributed by atoms with E-state index in [0.29, 0.717) is 6.54 Å². The summed E-state index contributed by atoms with van der Waals surface area (Å²) in [7, 11) is 0. The van der Waals surface area contributed by atoms with E-state index in [1.54, 1.807) is 4.90 Å². The summed E-state index contributed by atoms with van der Waals surface area (Å²) in [4.78, 5) is 25.8. The highest BCUT2D eigenvalue weighted by atomic mass is 16.3. The number of aryl methyl sites for hydroxylation is 1. The molecule has 120 valence electrons. The first-order chi connectivity index (χ1) is 10.5. The van der Waals surface area contributed by atoms with Crippen molar-refractivity contribution in [2.45, 2.75) is 39.2 Å². The van der Waals surface area contributed by atoms with Gasteiger partial charge in [0, 0.05) is 12.2 Å². The Labute approximate surface area is 131 Å². The van der Waals surface area contributed by atoms with Crippen LogP contribution in [0.2, 0.25) is 0 Å². The Morgan fingerprint density at radius 2 is 2.05 bits per heavy atom. The summed E-state index contributed by atoms with van der Waals surface area (Å²) in [6, 6.07) is 7.87. The van der Waals surface area contributed by atoms with E-state index in [1.165, 1.54) is 5.56 Å². The second kappa shape index (κ2) is 7.40. The maximum absolute atomic E-state index is 12.3. The summed E-state index contributed by atoms with van der Waals surface area (Å²) < 4.78 is 0. The molecule has 0 fully saturated rings. The maximum Gasteiger partial charge on any atom is 0.246 e. The van der Waals surface area contributed by atoms with Crippen LogP contribution in [0.1, 0.15) is 32.3 Å². The van der Waals surface area contributed by atoms with Crippen molar-refractivity contribution in [1.82, 2.24) is 5.32 Å². The van der Waals surface area contributed by atoms with Gasteiger partial charge in [0.1, 0.15) is 0 Å². The molecule has 22 heavy (non-hydrogen) atoms. The minimum atomic E-state index is -0.675. The highest BCUT2D eigenvalue weighted by molar-refractivity contribution is 5.97. The van der Waals surface area contributed by atoms with Gasteiger partial charge in [-0.1, -0.05) is 32.0 Å². The molecule has 0 radical (unpaired) electrons. The van der Waals surface area contributed by atoms with Crippen molar-refractivity contribution >= 4 is 17.5 Å². The van der Waals surface area contributed by atoms with E-state index in [1.807, 2.05) is 38.1 Å². The Bertz CT molecular complexity index is 542. The Kier molecular flexibility index (Phi) is 5.55. The van der Waals surface area contributed by atoms with Gasteiger partial charge in [0.05, 0.1) is 19.1 Å². The monoisotopic (exact) mass is 304 g/mol. The third kappa shape index (κ3) is 4.07. The zero-order chi connectivity index (χ0) is 16.1. The predicted octanol–water partition coefficient (Wildman–Crippen LogP) is 1.49. The molecule has 0 aliphatic carbocycles. The number of carbonyl (C=O) groups excluding carboxylic acids is 2. The topological polar surface area (TPSA) is 69.6 Å². The van der Waals surface area contributed by atoms with Crippen molar-refractivity contribution in [2.75, 3.05) is 18.0 Å². The Morgan fingerprint density at radius 1 is 1.32 bits per heavy atom. The lowest BCUT2D eigenvalue weighted by Gasteiger charge is -2.29. The molecule has 2 amide bonds. The first kappa shape index (κ1) is 16.5. The van der Waals surface area contributed by atoms with Gasteiger partial charge in [-0.15, -0.1) is 0 Å². The number of amides is 2. The third-order valence-corrected chi connectivity index (χ3v) is 4.01. The first-order valence-electron chi connectivity index (χ1n) is 7.82. The molecule has 1 heterocycles. The highest BCUT2D eigenvalue weighted by Gasteiger charge is 2.22. The minimum Gasteiger partial charge on any atom is -0.392 e. The number of aliphatic hydroxyl groups is 1. The van der Waals surface area contributed by atoms with E-state index in [4.69, 9.17) is 0 Å². The molecule has 1 aliphatic heterocycles. The summed E-state index contributed by atoms with van der Waals surface area (Å²) in [6.45, 7) is 4.36. The smallest absolute Gasteiger partial charge is 0.246 e. The minimum absolute atomic E-state index is 0.0235. The summed E-state index contributed by atoms with van der Waals surface area (Å²) in [5.41, 5.74) is 2.11. The van der Waals surface area contributed by atoms with Crippen LogP contribution < -0.4 is 10.2 Å². The van der Waals surface area contributed by atoms with Crippen molar-refractivity contribution in [3.8, 4) is 0 Å². The normalized spacial score (nSPS) is 15.4. The van der Waals surface area contributed by atoms with Gasteiger partial charge in [0.2, 0.25) is 11.8 Å². The molecule has 1 aromatic carbocycles. The summed E-state index contributed by atoms with van der Waals surface area (Å²) in [5.74, 6) is -0.380. The van der Waals surface area contributed by atoms with Crippen LogP contribution in [0, 0.1) is 5.92 Å². The number of benzene rings is 1. The molecule has 0 saturated carbocycles. The van der Waals surface area contributed by atoms with Gasteiger partial charge in [-0.05, 0) is 30.4 Å². The second-order valence-corrected chi connectivity index (χ2v) is 6.07. The number of anilines is 1. The van der Waals surface area contributed by atoms with E-state index in [-0.39, 0.29) is 30.7 Å². The Hall–Kier alpha value is -1.88. The van der Waals surface area contributed by atoms with Gasteiger partial charge in [-0.2, -0.15) is 0 Å². The van der Waals surface area contributed by atoms with Crippen LogP contribution >= 0.6 is 0 Å². The quantitative estimate of drug-likeness (QED) is 0.866. The van der Waals surface area contributed by atoms with Crippen molar-refractivity contribution in [3.63, 3.8) is 0 Å². The van der Waals surface area contributed by atoms with Crippen LogP contribution in [-0.2, 0) is 16.0 Å². The summed E-state index contributed by atoms with van der Waals surface area (Å²) in [5, 5.41) is 12.3. The lowest BCUT2D eigenvalue weighted by Crippen LogP contribution is -2.43. The fourth-order valence-electron chi connectivity index (χ4n) is 2.56. The average molecular weight is 304 g/mol. The number of para-hydroxylation sites is 1. The molecule has 2 rings (SSSR count). The molecule has 1 aromatic rings. The number of nitrogens with one attached hydrogen (secondary N) is 1. The summed E-state index contributed by atoms with van der Waals surface area (Å²) >= 11 is 0. The van der Waals surface area contributed by atoms with Crippen molar-refractivity contribution in [1.29, 1.82) is 0 Å². The molecular formula is C17H24N2O3. The molecule has 0 spiro atoms. The first-order valence-corrected chi connectivity index (χ1v) is 7.82. The molecular weight excluding hydrogens is 280 g/mol. The van der Waals surface area contributed by atoms with Crippen LogP contribution in [-0.4, -0.2) is 36.1 Å². The third-order valence-electron chi connectivity index (χ3n) is 4.01. The molecule has 0 bridgehead atoms. The molecule has 1 unspecified atom stereocenters. The fraction of sp³-hybridized carbons (Fsp3) is 0.529. The van der Waals surface area contributed by atoms with Crippen LogP contribution in [0.5, 0.6) is 0 Å². The van der Waals surface area contributed by atoms with Gasteiger partial charge in [0.25, 0.3) is 0 Å². The Balaban J connectivity index is 1.90. The largest absolute Gasteiger partial charge is 0.392 e. The molecule has 0 saturated heterocycles. The lowest BCUT2D eigenvalue weighted by atomic mass is 10.0. The van der Waals surface area contributed by atoms with Gasteiger partial charge in [-0.3, -0.25) is 9.59 Å². The van der Waals surface area contributed by atoms with E-state index >= 15 is 0 Å². The number of carbonyl (C=O) groups is 2. The van der Waals surface area contributed by atoms with Crippen LogP contribution in [0.15, 0.2) is 24.3 Å². The highest BCUT2D eigenvalue weighted by Crippen LogP contribution is 2.26. The number of hydrogen-bond acceptors (Lipinski definition) is 3. The van der Waals surface area contributed by atoms with E-state index in [9.17, 15) is 14.7 Å². The predicted molar refractivity (Wildman–Crippen MR) is 85.6 cm³/mol. The van der Waals surface area contributed by atoms with E-state index in [2.05, 4.69) is 5.32 Å². The van der Waals surface area contributed by atoms with Crippen molar-refractivity contribution in [3.05, 3.63) is 29.8 Å². The number of hydrogen-bond donors (Lipinski definition) is 2. The van der Waals surface area contributed by atoms with E-state index in [0.717, 1.165) is 18.5 Å². The number of rotatable bonds is 5. The van der Waals surface area contributed by atoms with Crippen LogP contribution in [0.25, 0.3) is 0 Å². The molecule has 0 aromatic heterocycles. The molecule has 5 nitrogen and oxygen atoms in total. The fourth-order valence-corrected chi connectivity index (χ4v) is 2.56. The molecule has 5 heteroatoms. The Morgan fingerprint density at radius 3 is 2.77 bits per heavy atom. The summed E-state index contributed by atoms with van der Waals surface area (Å²) in [6.07, 6.45) is 1.27. The van der Waals surface area contributed by atoms with Gasteiger partial charge in [-0.25, -0.2) is 0 Å². The van der Waals surface area contributed by atoms with Gasteiger partial charge in [0.15, 0.2) is 0 Å². The molecule has 2 N–H and O–H groups in total. The second-order valence-electron chi connectivity index (χ2n) is 6.07. The average Bonchev–Trinajstić information content (AvgIpc) is 2.51. The number of aliphatic hydroxyl groups excluding tert-OH is 1. The van der Waals surface area contributed by atoms with E-state index < -0.39 is 6.10 Å². The standard InChI is InChI=1S/C17H24N2O3/c1-12(2)15(20)10-16(21)18-11-17(22)19-9-5-7-13-6-3-4-8-14(13)19/h3-4,6,8,12,15,20H,5,7,9-11H2,1-2H3,(H,18,21). The van der Waals surface area contributed by atoms with Crippen molar-refractivity contribution in [2.24, 2.45) is 5.92 Å². The zero-order valence-electron chi connectivity index (χ0n) is 13.2. The maximum atomic E-state index is 12.3. The number of nitrogens with zero attached hydrogens (tertiary/aromatic N) is 1. The lowest BCUT2D eigenvalue weighted by molar-refractivity contribution is -0.126. The SMILES string of the molecule is CC(C)C(O)CC(=O)NCC(=O)N1CCCc2ccccc21. The zero-order valence-corrected chi connectivity index (χ0v) is 13.2.